The molecule has 1 aromatic rings. The van der Waals surface area contributed by atoms with Crippen LogP contribution in [-0.4, -0.2) is 19.9 Å². The Hall–Kier alpha value is -1.14. The molecule has 112 valence electrons. The van der Waals surface area contributed by atoms with Gasteiger partial charge in [0.05, 0.1) is 0 Å². The van der Waals surface area contributed by atoms with Crippen LogP contribution in [0.15, 0.2) is 23.1 Å². The Balaban J connectivity index is 3.13. The molecule has 0 aliphatic heterocycles. The van der Waals surface area contributed by atoms with E-state index in [9.17, 15) is 17.6 Å². The SMILES string of the molecule is CCC(C)(CC)NC(=O)c1ccc(F)c(S(=O)(=O)Cl)c1. The number of amides is 1. The van der Waals surface area contributed by atoms with Crippen LogP contribution in [0.4, 0.5) is 4.39 Å². The Morgan fingerprint density at radius 3 is 2.35 bits per heavy atom. The van der Waals surface area contributed by atoms with Gasteiger partial charge in [0.25, 0.3) is 15.0 Å². The largest absolute Gasteiger partial charge is 0.347 e. The molecule has 0 saturated carbocycles. The van der Waals surface area contributed by atoms with Crippen molar-refractivity contribution in [1.29, 1.82) is 0 Å². The lowest BCUT2D eigenvalue weighted by Crippen LogP contribution is -2.45. The number of carbonyl (C=O) groups is 1. The average molecular weight is 322 g/mol. The number of hydrogen-bond acceptors (Lipinski definition) is 3. The predicted molar refractivity (Wildman–Crippen MR) is 75.9 cm³/mol. The van der Waals surface area contributed by atoms with E-state index in [-0.39, 0.29) is 5.56 Å². The summed E-state index contributed by atoms with van der Waals surface area (Å²) in [6, 6.07) is 3.08. The van der Waals surface area contributed by atoms with Gasteiger partial charge in [-0.05, 0) is 38.0 Å². The van der Waals surface area contributed by atoms with Gasteiger partial charge in [-0.25, -0.2) is 12.8 Å². The molecule has 0 aliphatic carbocycles. The van der Waals surface area contributed by atoms with Crippen LogP contribution in [0.3, 0.4) is 0 Å². The van der Waals surface area contributed by atoms with Crippen molar-refractivity contribution in [2.45, 2.75) is 44.0 Å². The van der Waals surface area contributed by atoms with E-state index in [1.165, 1.54) is 6.07 Å². The third kappa shape index (κ3) is 3.93. The van der Waals surface area contributed by atoms with E-state index in [1.54, 1.807) is 0 Å². The van der Waals surface area contributed by atoms with Crippen molar-refractivity contribution >= 4 is 25.6 Å². The van der Waals surface area contributed by atoms with Crippen molar-refractivity contribution in [1.82, 2.24) is 5.32 Å². The van der Waals surface area contributed by atoms with Gasteiger partial charge in [-0.3, -0.25) is 4.79 Å². The molecule has 0 bridgehead atoms. The highest BCUT2D eigenvalue weighted by atomic mass is 35.7. The molecule has 1 rings (SSSR count). The Labute approximate surface area is 122 Å². The summed E-state index contributed by atoms with van der Waals surface area (Å²) < 4.78 is 35.8. The number of nitrogens with one attached hydrogen (secondary N) is 1. The molecular formula is C13H17ClFNO3S. The summed E-state index contributed by atoms with van der Waals surface area (Å²) in [4.78, 5) is 11.4. The fourth-order valence-electron chi connectivity index (χ4n) is 1.60. The molecule has 4 nitrogen and oxygen atoms in total. The number of carbonyl (C=O) groups excluding carboxylic acids is 1. The first kappa shape index (κ1) is 16.9. The fraction of sp³-hybridized carbons (Fsp3) is 0.462. The highest BCUT2D eigenvalue weighted by Crippen LogP contribution is 2.21. The van der Waals surface area contributed by atoms with Crippen molar-refractivity contribution in [3.8, 4) is 0 Å². The van der Waals surface area contributed by atoms with E-state index >= 15 is 0 Å². The average Bonchev–Trinajstić information content (AvgIpc) is 2.37. The van der Waals surface area contributed by atoms with Crippen LogP contribution in [0.1, 0.15) is 44.0 Å². The summed E-state index contributed by atoms with van der Waals surface area (Å²) in [6.45, 7) is 5.75. The monoisotopic (exact) mass is 321 g/mol. The van der Waals surface area contributed by atoms with Crippen molar-refractivity contribution in [3.63, 3.8) is 0 Å². The molecular weight excluding hydrogens is 305 g/mol. The zero-order valence-corrected chi connectivity index (χ0v) is 13.1. The lowest BCUT2D eigenvalue weighted by Gasteiger charge is -2.28. The van der Waals surface area contributed by atoms with E-state index in [2.05, 4.69) is 5.32 Å². The number of benzene rings is 1. The predicted octanol–water partition coefficient (Wildman–Crippen LogP) is 3.06. The molecule has 0 atom stereocenters. The quantitative estimate of drug-likeness (QED) is 0.848. The summed E-state index contributed by atoms with van der Waals surface area (Å²) in [7, 11) is 0.902. The van der Waals surface area contributed by atoms with Crippen molar-refractivity contribution < 1.29 is 17.6 Å². The lowest BCUT2D eigenvalue weighted by molar-refractivity contribution is 0.0900. The second-order valence-electron chi connectivity index (χ2n) is 4.80. The maximum atomic E-state index is 13.4. The highest BCUT2D eigenvalue weighted by Gasteiger charge is 2.24. The van der Waals surface area contributed by atoms with Gasteiger partial charge >= 0.3 is 0 Å². The lowest BCUT2D eigenvalue weighted by atomic mass is 9.95. The van der Waals surface area contributed by atoms with Gasteiger partial charge in [0.2, 0.25) is 0 Å². The molecule has 0 fully saturated rings. The summed E-state index contributed by atoms with van der Waals surface area (Å²) in [6.07, 6.45) is 1.44. The van der Waals surface area contributed by atoms with E-state index in [4.69, 9.17) is 10.7 Å². The van der Waals surface area contributed by atoms with E-state index in [0.29, 0.717) is 0 Å². The smallest absolute Gasteiger partial charge is 0.264 e. The molecule has 0 unspecified atom stereocenters. The Kier molecular flexibility index (Phi) is 5.15. The molecule has 0 saturated heterocycles. The Morgan fingerprint density at radius 2 is 1.90 bits per heavy atom. The van der Waals surface area contributed by atoms with E-state index in [0.717, 1.165) is 25.0 Å². The minimum atomic E-state index is -4.23. The second-order valence-corrected chi connectivity index (χ2v) is 7.34. The van der Waals surface area contributed by atoms with Gasteiger partial charge in [0.1, 0.15) is 10.7 Å². The molecule has 1 aromatic carbocycles. The fourth-order valence-corrected chi connectivity index (χ4v) is 2.53. The molecule has 0 aromatic heterocycles. The van der Waals surface area contributed by atoms with Crippen molar-refractivity contribution in [2.24, 2.45) is 0 Å². The van der Waals surface area contributed by atoms with Gasteiger partial charge < -0.3 is 5.32 Å². The summed E-state index contributed by atoms with van der Waals surface area (Å²) in [5, 5.41) is 2.81. The Morgan fingerprint density at radius 1 is 1.35 bits per heavy atom. The number of hydrogen-bond donors (Lipinski definition) is 1. The number of rotatable bonds is 5. The van der Waals surface area contributed by atoms with Crippen molar-refractivity contribution in [3.05, 3.63) is 29.6 Å². The molecule has 0 aliphatic rings. The van der Waals surface area contributed by atoms with Gasteiger partial charge in [0.15, 0.2) is 0 Å². The van der Waals surface area contributed by atoms with Gasteiger partial charge in [-0.15, -0.1) is 0 Å². The maximum absolute atomic E-state index is 13.4. The van der Waals surface area contributed by atoms with Crippen LogP contribution in [-0.2, 0) is 9.05 Å². The van der Waals surface area contributed by atoms with Crippen LogP contribution in [0, 0.1) is 5.82 Å². The molecule has 0 spiro atoms. The summed E-state index contributed by atoms with van der Waals surface area (Å²) in [5.74, 6) is -1.44. The summed E-state index contributed by atoms with van der Waals surface area (Å²) >= 11 is 0. The standard InChI is InChI=1S/C13H17ClFNO3S/c1-4-13(3,5-2)16-12(17)9-6-7-10(15)11(8-9)20(14,18)19/h6-8H,4-5H2,1-3H3,(H,16,17). The molecule has 1 N–H and O–H groups in total. The topological polar surface area (TPSA) is 63.2 Å². The van der Waals surface area contributed by atoms with Crippen LogP contribution in [0.5, 0.6) is 0 Å². The first-order chi connectivity index (χ1) is 9.13. The minimum absolute atomic E-state index is 0.0544. The minimum Gasteiger partial charge on any atom is -0.347 e. The summed E-state index contributed by atoms with van der Waals surface area (Å²) in [5.41, 5.74) is -0.343. The molecule has 0 heterocycles. The zero-order chi connectivity index (χ0) is 15.6. The number of halogens is 2. The second kappa shape index (κ2) is 6.10. The highest BCUT2D eigenvalue weighted by molar-refractivity contribution is 8.13. The van der Waals surface area contributed by atoms with Crippen LogP contribution < -0.4 is 5.32 Å². The zero-order valence-electron chi connectivity index (χ0n) is 11.5. The van der Waals surface area contributed by atoms with Crippen LogP contribution in [0.2, 0.25) is 0 Å². The molecule has 20 heavy (non-hydrogen) atoms. The molecule has 1 amide bonds. The van der Waals surface area contributed by atoms with Crippen molar-refractivity contribution in [2.75, 3.05) is 0 Å². The molecule has 0 radical (unpaired) electrons. The van der Waals surface area contributed by atoms with Gasteiger partial charge in [-0.2, -0.15) is 0 Å². The molecule has 7 heteroatoms. The third-order valence-electron chi connectivity index (χ3n) is 3.43. The first-order valence-corrected chi connectivity index (χ1v) is 8.50. The van der Waals surface area contributed by atoms with Crippen LogP contribution in [0.25, 0.3) is 0 Å². The van der Waals surface area contributed by atoms with E-state index in [1.807, 2.05) is 20.8 Å². The van der Waals surface area contributed by atoms with Gasteiger partial charge in [-0.1, -0.05) is 13.8 Å². The van der Waals surface area contributed by atoms with Gasteiger partial charge in [0, 0.05) is 21.8 Å². The normalized spacial score (nSPS) is 12.2. The Bertz CT molecular complexity index is 612. The van der Waals surface area contributed by atoms with E-state index < -0.39 is 31.2 Å². The van der Waals surface area contributed by atoms with Crippen LogP contribution >= 0.6 is 10.7 Å². The third-order valence-corrected chi connectivity index (χ3v) is 4.77. The maximum Gasteiger partial charge on any atom is 0.264 e. The first-order valence-electron chi connectivity index (χ1n) is 6.19.